The van der Waals surface area contributed by atoms with Crippen LogP contribution in [-0.4, -0.2) is 27.5 Å². The van der Waals surface area contributed by atoms with Gasteiger partial charge in [0.05, 0.1) is 13.2 Å². The van der Waals surface area contributed by atoms with Crippen molar-refractivity contribution in [2.24, 2.45) is 0 Å². The molecule has 30 heavy (non-hydrogen) atoms. The van der Waals surface area contributed by atoms with E-state index in [2.05, 4.69) is 89.4 Å². The molecule has 0 fully saturated rings. The highest BCUT2D eigenvalue weighted by molar-refractivity contribution is 6.74. The van der Waals surface area contributed by atoms with Gasteiger partial charge in [0.2, 0.25) is 0 Å². The van der Waals surface area contributed by atoms with Crippen LogP contribution in [0.4, 0.5) is 0 Å². The molecule has 0 bridgehead atoms. The van der Waals surface area contributed by atoms with E-state index in [1.165, 1.54) is 18.2 Å². The second kappa shape index (κ2) is 12.9. The molecule has 0 N–H and O–H groups in total. The molecule has 1 aromatic rings. The van der Waals surface area contributed by atoms with Gasteiger partial charge >= 0.3 is 5.97 Å². The van der Waals surface area contributed by atoms with E-state index in [9.17, 15) is 4.79 Å². The molecule has 168 valence electrons. The van der Waals surface area contributed by atoms with E-state index < -0.39 is 8.32 Å². The lowest BCUT2D eigenvalue weighted by molar-refractivity contribution is -0.140. The first kappa shape index (κ1) is 26.4. The van der Waals surface area contributed by atoms with Crippen LogP contribution in [0, 0.1) is 0 Å². The Balaban J connectivity index is 2.87. The summed E-state index contributed by atoms with van der Waals surface area (Å²) < 4.78 is 11.4. The highest BCUT2D eigenvalue weighted by Crippen LogP contribution is 2.38. The van der Waals surface area contributed by atoms with E-state index in [4.69, 9.17) is 9.16 Å². The van der Waals surface area contributed by atoms with Gasteiger partial charge in [0.25, 0.3) is 0 Å². The molecule has 0 aliphatic rings. The lowest BCUT2D eigenvalue weighted by Gasteiger charge is -2.38. The molecule has 3 nitrogen and oxygen atoms in total. The molecule has 0 saturated carbocycles. The fourth-order valence-corrected chi connectivity index (χ4v) is 4.21. The van der Waals surface area contributed by atoms with Gasteiger partial charge in [0.1, 0.15) is 0 Å². The number of allylic oxidation sites excluding steroid dienone is 2. The zero-order chi connectivity index (χ0) is 22.6. The number of benzene rings is 1. The second-order valence-electron chi connectivity index (χ2n) is 9.41. The molecule has 0 spiro atoms. The Hall–Kier alpha value is -1.65. The number of carbonyl (C=O) groups is 1. The first-order valence-electron chi connectivity index (χ1n) is 11.3. The van der Waals surface area contributed by atoms with Gasteiger partial charge in [-0.2, -0.15) is 0 Å². The Morgan fingerprint density at radius 2 is 1.87 bits per heavy atom. The molecule has 0 aromatic heterocycles. The lowest BCUT2D eigenvalue weighted by atomic mass is 10.0. The van der Waals surface area contributed by atoms with Gasteiger partial charge in [0, 0.05) is 6.42 Å². The minimum atomic E-state index is -1.89. The molecule has 0 saturated heterocycles. The largest absolute Gasteiger partial charge is 0.469 e. The smallest absolute Gasteiger partial charge is 0.305 e. The summed E-state index contributed by atoms with van der Waals surface area (Å²) in [5, 5.41) is 0.151. The molecular formula is C26H42O3Si. The Bertz CT molecular complexity index is 698. The molecule has 0 radical (unpaired) electrons. The van der Waals surface area contributed by atoms with Crippen molar-refractivity contribution in [3.05, 3.63) is 53.6 Å². The maximum Gasteiger partial charge on any atom is 0.305 e. The highest BCUT2D eigenvalue weighted by atomic mass is 28.4. The van der Waals surface area contributed by atoms with Gasteiger partial charge in [-0.3, -0.25) is 4.79 Å². The number of esters is 1. The van der Waals surface area contributed by atoms with E-state index in [0.29, 0.717) is 6.42 Å². The number of carbonyl (C=O) groups excluding carboxylic acids is 1. The van der Waals surface area contributed by atoms with E-state index in [-0.39, 0.29) is 17.1 Å². The minimum absolute atomic E-state index is 0.0262. The topological polar surface area (TPSA) is 35.5 Å². The van der Waals surface area contributed by atoms with Crippen molar-refractivity contribution in [2.45, 2.75) is 90.5 Å². The van der Waals surface area contributed by atoms with Crippen LogP contribution in [0.3, 0.4) is 0 Å². The highest BCUT2D eigenvalue weighted by Gasteiger charge is 2.38. The summed E-state index contributed by atoms with van der Waals surface area (Å²) in [4.78, 5) is 11.5. The van der Waals surface area contributed by atoms with Crippen molar-refractivity contribution >= 4 is 20.4 Å². The molecular weight excluding hydrogens is 388 g/mol. The van der Waals surface area contributed by atoms with Crippen molar-refractivity contribution in [3.63, 3.8) is 0 Å². The normalized spacial score (nSPS) is 13.8. The fourth-order valence-electron chi connectivity index (χ4n) is 2.91. The monoisotopic (exact) mass is 430 g/mol. The first-order valence-corrected chi connectivity index (χ1v) is 14.2. The molecule has 0 aliphatic carbocycles. The summed E-state index contributed by atoms with van der Waals surface area (Å²) in [6.07, 6.45) is 14.1. The summed E-state index contributed by atoms with van der Waals surface area (Å²) in [7, 11) is -0.451. The van der Waals surface area contributed by atoms with Gasteiger partial charge < -0.3 is 9.16 Å². The van der Waals surface area contributed by atoms with E-state index >= 15 is 0 Å². The average Bonchev–Trinajstić information content (AvgIpc) is 2.67. The predicted octanol–water partition coefficient (Wildman–Crippen LogP) is 7.33. The van der Waals surface area contributed by atoms with Crippen LogP contribution < -0.4 is 0 Å². The van der Waals surface area contributed by atoms with E-state index in [1.54, 1.807) is 0 Å². The Morgan fingerprint density at radius 3 is 2.50 bits per heavy atom. The number of hydrogen-bond donors (Lipinski definition) is 0. The third kappa shape index (κ3) is 9.44. The summed E-state index contributed by atoms with van der Waals surface area (Å²) in [5.41, 5.74) is 2.60. The number of rotatable bonds is 12. The summed E-state index contributed by atoms with van der Waals surface area (Å²) in [6.45, 7) is 13.5. The Kier molecular flexibility index (Phi) is 11.4. The Labute approximate surface area is 185 Å². The minimum Gasteiger partial charge on any atom is -0.469 e. The maximum absolute atomic E-state index is 11.5. The Morgan fingerprint density at radius 1 is 1.17 bits per heavy atom. The van der Waals surface area contributed by atoms with Gasteiger partial charge in [-0.25, -0.2) is 0 Å². The zero-order valence-electron chi connectivity index (χ0n) is 20.2. The summed E-state index contributed by atoms with van der Waals surface area (Å²) >= 11 is 0. The van der Waals surface area contributed by atoms with Crippen LogP contribution in [0.2, 0.25) is 18.1 Å². The van der Waals surface area contributed by atoms with Gasteiger partial charge in [-0.15, -0.1) is 0 Å². The average molecular weight is 431 g/mol. The molecule has 0 amide bonds. The second-order valence-corrected chi connectivity index (χ2v) is 14.2. The standard InChI is InChI=1S/C26H42O3Si/c1-8-9-10-15-22-16-11-12-17-23(22)18-13-19-24(20-14-21-25(27)28-5)29-30(6,7)26(2,3)4/h10-13,15-17,19,24H,8-9,14,18,20-21H2,1-7H3/b15-10+,19-13+/t24-/m1/s1. The zero-order valence-corrected chi connectivity index (χ0v) is 21.2. The number of hydrogen-bond acceptors (Lipinski definition) is 3. The number of ether oxygens (including phenoxy) is 1. The first-order chi connectivity index (χ1) is 14.1. The van der Waals surface area contributed by atoms with Crippen molar-refractivity contribution in [1.29, 1.82) is 0 Å². The molecule has 1 rings (SSSR count). The number of unbranched alkanes of at least 4 members (excludes halogenated alkanes) is 1. The lowest BCUT2D eigenvalue weighted by Crippen LogP contribution is -2.43. The fraction of sp³-hybridized carbons (Fsp3) is 0.577. The van der Waals surface area contributed by atoms with Crippen LogP contribution >= 0.6 is 0 Å². The molecule has 4 heteroatoms. The molecule has 0 heterocycles. The van der Waals surface area contributed by atoms with Crippen LogP contribution in [-0.2, 0) is 20.4 Å². The third-order valence-electron chi connectivity index (χ3n) is 5.85. The molecule has 0 aliphatic heterocycles. The van der Waals surface area contributed by atoms with E-state index in [0.717, 1.165) is 32.1 Å². The summed E-state index contributed by atoms with van der Waals surface area (Å²) in [5.74, 6) is -0.155. The van der Waals surface area contributed by atoms with Crippen molar-refractivity contribution in [3.8, 4) is 0 Å². The molecule has 1 aromatic carbocycles. The molecule has 1 atom stereocenters. The predicted molar refractivity (Wildman–Crippen MR) is 131 cm³/mol. The quantitative estimate of drug-likeness (QED) is 0.198. The summed E-state index contributed by atoms with van der Waals surface area (Å²) in [6, 6.07) is 8.56. The third-order valence-corrected chi connectivity index (χ3v) is 10.4. The van der Waals surface area contributed by atoms with Crippen LogP contribution in [0.15, 0.2) is 42.5 Å². The van der Waals surface area contributed by atoms with Gasteiger partial charge in [-0.1, -0.05) is 82.7 Å². The maximum atomic E-state index is 11.5. The number of methoxy groups -OCH3 is 1. The van der Waals surface area contributed by atoms with E-state index in [1.807, 2.05) is 0 Å². The molecule has 0 unspecified atom stereocenters. The van der Waals surface area contributed by atoms with Crippen molar-refractivity contribution < 1.29 is 14.0 Å². The van der Waals surface area contributed by atoms with Crippen LogP contribution in [0.5, 0.6) is 0 Å². The van der Waals surface area contributed by atoms with Gasteiger partial charge in [0.15, 0.2) is 8.32 Å². The van der Waals surface area contributed by atoms with Crippen LogP contribution in [0.1, 0.15) is 70.9 Å². The SMILES string of the molecule is CCC/C=C/c1ccccc1C/C=C/[C@H](CCCC(=O)OC)O[Si](C)(C)C(C)(C)C. The van der Waals surface area contributed by atoms with Gasteiger partial charge in [-0.05, 0) is 54.9 Å². The van der Waals surface area contributed by atoms with Crippen molar-refractivity contribution in [1.82, 2.24) is 0 Å². The van der Waals surface area contributed by atoms with Crippen LogP contribution in [0.25, 0.3) is 6.08 Å². The van der Waals surface area contributed by atoms with Crippen molar-refractivity contribution in [2.75, 3.05) is 7.11 Å².